The summed E-state index contributed by atoms with van der Waals surface area (Å²) in [5, 5.41) is 0. The number of fused-ring (bicyclic) bond motifs is 1. The third-order valence-corrected chi connectivity index (χ3v) is 3.86. The zero-order chi connectivity index (χ0) is 13.8. The maximum atomic E-state index is 10.7. The fourth-order valence-corrected chi connectivity index (χ4v) is 2.94. The number of thioether (sulfide) groups is 1. The number of carbonyl (C=O) groups is 1. The molecule has 4 nitrogen and oxygen atoms in total. The largest absolute Gasteiger partial charge is 0.465 e. The van der Waals surface area contributed by atoms with Gasteiger partial charge in [0.25, 0.3) is 0 Å². The number of hydrogen-bond acceptors (Lipinski definition) is 5. The Hall–Kier alpha value is -1.40. The van der Waals surface area contributed by atoms with E-state index in [1.165, 1.54) is 18.7 Å². The van der Waals surface area contributed by atoms with Gasteiger partial charge in [-0.05, 0) is 19.1 Å². The monoisotopic (exact) mass is 294 g/mol. The van der Waals surface area contributed by atoms with Crippen molar-refractivity contribution >= 4 is 45.3 Å². The van der Waals surface area contributed by atoms with Crippen LogP contribution in [0.25, 0.3) is 11.0 Å². The normalized spacial score (nSPS) is 10.6. The van der Waals surface area contributed by atoms with Crippen molar-refractivity contribution in [2.24, 2.45) is 0 Å². The number of para-hydroxylation sites is 2. The lowest BCUT2D eigenvalue weighted by molar-refractivity contribution is -0.140. The highest BCUT2D eigenvalue weighted by Crippen LogP contribution is 2.19. The molecule has 2 aromatic rings. The van der Waals surface area contributed by atoms with E-state index < -0.39 is 0 Å². The van der Waals surface area contributed by atoms with Crippen molar-refractivity contribution in [2.75, 3.05) is 12.4 Å². The molecule has 2 rings (SSSR count). The Kier molecular flexibility index (Phi) is 4.55. The molecule has 0 fully saturated rings. The Morgan fingerprint density at radius 1 is 1.47 bits per heavy atom. The lowest BCUT2D eigenvalue weighted by Crippen LogP contribution is -2.10. The second-order valence-corrected chi connectivity index (χ2v) is 5.67. The van der Waals surface area contributed by atoms with Crippen molar-refractivity contribution in [3.63, 3.8) is 0 Å². The van der Waals surface area contributed by atoms with Gasteiger partial charge >= 0.3 is 5.97 Å². The Balaban J connectivity index is 2.09. The van der Waals surface area contributed by atoms with Crippen LogP contribution in [0.3, 0.4) is 0 Å². The summed E-state index contributed by atoms with van der Waals surface area (Å²) in [6.07, 6.45) is 0. The SMILES string of the molecule is CC(=O)OCCSC(=S)n1c(C)nc2ccccc21. The van der Waals surface area contributed by atoms with E-state index in [-0.39, 0.29) is 5.97 Å². The van der Waals surface area contributed by atoms with Crippen molar-refractivity contribution in [1.29, 1.82) is 0 Å². The van der Waals surface area contributed by atoms with Gasteiger partial charge in [-0.2, -0.15) is 0 Å². The molecule has 1 aromatic heterocycles. The van der Waals surface area contributed by atoms with Crippen molar-refractivity contribution in [3.8, 4) is 0 Å². The van der Waals surface area contributed by atoms with Crippen molar-refractivity contribution in [1.82, 2.24) is 9.55 Å². The number of aryl methyl sites for hydroxylation is 1. The van der Waals surface area contributed by atoms with Crippen LogP contribution in [-0.2, 0) is 9.53 Å². The van der Waals surface area contributed by atoms with E-state index >= 15 is 0 Å². The molecular weight excluding hydrogens is 280 g/mol. The fraction of sp³-hybridized carbons (Fsp3) is 0.308. The van der Waals surface area contributed by atoms with Crippen LogP contribution in [0.4, 0.5) is 0 Å². The number of benzene rings is 1. The first-order chi connectivity index (χ1) is 9.09. The predicted octanol–water partition coefficient (Wildman–Crippen LogP) is 2.77. The summed E-state index contributed by atoms with van der Waals surface area (Å²) in [5.74, 6) is 1.24. The number of thiocarbonyl (C=S) groups is 1. The van der Waals surface area contributed by atoms with Crippen LogP contribution in [0.15, 0.2) is 24.3 Å². The molecule has 0 atom stereocenters. The minimum absolute atomic E-state index is 0.268. The average molecular weight is 294 g/mol. The molecule has 100 valence electrons. The molecule has 0 aliphatic heterocycles. The number of esters is 1. The van der Waals surface area contributed by atoms with Gasteiger partial charge in [0.1, 0.15) is 16.8 Å². The summed E-state index contributed by atoms with van der Waals surface area (Å²) in [6, 6.07) is 7.88. The van der Waals surface area contributed by atoms with Crippen LogP contribution in [0.2, 0.25) is 0 Å². The number of ether oxygens (including phenoxy) is 1. The quantitative estimate of drug-likeness (QED) is 0.495. The summed E-state index contributed by atoms with van der Waals surface area (Å²) in [7, 11) is 0. The number of rotatable bonds is 3. The van der Waals surface area contributed by atoms with Crippen LogP contribution in [0.1, 0.15) is 12.7 Å². The lowest BCUT2D eigenvalue weighted by atomic mass is 10.3. The van der Waals surface area contributed by atoms with E-state index in [4.69, 9.17) is 17.0 Å². The summed E-state index contributed by atoms with van der Waals surface area (Å²) < 4.78 is 7.55. The molecule has 0 saturated carbocycles. The zero-order valence-electron chi connectivity index (χ0n) is 10.8. The minimum Gasteiger partial charge on any atom is -0.465 e. The molecule has 0 N–H and O–H groups in total. The van der Waals surface area contributed by atoms with Gasteiger partial charge in [0, 0.05) is 12.7 Å². The van der Waals surface area contributed by atoms with E-state index in [0.717, 1.165) is 21.2 Å². The third-order valence-electron chi connectivity index (χ3n) is 2.53. The van der Waals surface area contributed by atoms with Gasteiger partial charge in [-0.25, -0.2) is 4.98 Å². The van der Waals surface area contributed by atoms with Gasteiger partial charge in [0.15, 0.2) is 0 Å². The zero-order valence-corrected chi connectivity index (χ0v) is 12.4. The first-order valence-electron chi connectivity index (χ1n) is 5.84. The Morgan fingerprint density at radius 2 is 2.21 bits per heavy atom. The molecule has 0 aliphatic rings. The van der Waals surface area contributed by atoms with Crippen LogP contribution in [-0.4, -0.2) is 32.2 Å². The van der Waals surface area contributed by atoms with Gasteiger partial charge < -0.3 is 4.74 Å². The number of carbonyl (C=O) groups excluding carboxylic acids is 1. The third kappa shape index (κ3) is 3.33. The summed E-state index contributed by atoms with van der Waals surface area (Å²) in [6.45, 7) is 3.70. The summed E-state index contributed by atoms with van der Waals surface area (Å²) >= 11 is 6.90. The molecular formula is C13H14N2O2S2. The van der Waals surface area contributed by atoms with E-state index in [1.54, 1.807) is 0 Å². The molecule has 0 bridgehead atoms. The molecule has 6 heteroatoms. The number of nitrogens with zero attached hydrogens (tertiary/aromatic N) is 2. The number of hydrogen-bond donors (Lipinski definition) is 0. The highest BCUT2D eigenvalue weighted by Gasteiger charge is 2.11. The molecule has 1 heterocycles. The van der Waals surface area contributed by atoms with Crippen LogP contribution < -0.4 is 0 Å². The molecule has 1 aromatic carbocycles. The highest BCUT2D eigenvalue weighted by atomic mass is 32.2. The smallest absolute Gasteiger partial charge is 0.302 e. The van der Waals surface area contributed by atoms with Crippen LogP contribution in [0, 0.1) is 6.92 Å². The van der Waals surface area contributed by atoms with Crippen molar-refractivity contribution in [2.45, 2.75) is 13.8 Å². The molecule has 0 radical (unpaired) electrons. The second kappa shape index (κ2) is 6.16. The van der Waals surface area contributed by atoms with Gasteiger partial charge in [-0.3, -0.25) is 9.36 Å². The second-order valence-electron chi connectivity index (χ2n) is 3.94. The molecule has 0 aliphatic carbocycles. The number of imidazole rings is 1. The fourth-order valence-electron chi connectivity index (χ4n) is 1.76. The molecule has 0 saturated heterocycles. The molecule has 19 heavy (non-hydrogen) atoms. The molecule has 0 amide bonds. The van der Waals surface area contributed by atoms with Gasteiger partial charge in [0.05, 0.1) is 11.0 Å². The molecule has 0 unspecified atom stereocenters. The Bertz CT molecular complexity index is 622. The minimum atomic E-state index is -0.268. The van der Waals surface area contributed by atoms with Gasteiger partial charge in [-0.15, -0.1) is 0 Å². The number of aromatic nitrogens is 2. The van der Waals surface area contributed by atoms with Crippen molar-refractivity contribution in [3.05, 3.63) is 30.1 Å². The first-order valence-corrected chi connectivity index (χ1v) is 7.23. The van der Waals surface area contributed by atoms with E-state index in [1.807, 2.05) is 35.8 Å². The average Bonchev–Trinajstić information content (AvgIpc) is 2.70. The maximum Gasteiger partial charge on any atom is 0.302 e. The summed E-state index contributed by atoms with van der Waals surface area (Å²) in [4.78, 5) is 15.1. The standard InChI is InChI=1S/C13H14N2O2S2/c1-9-14-11-5-3-4-6-12(11)15(9)13(18)19-8-7-17-10(2)16/h3-6H,7-8H2,1-2H3. The first kappa shape index (κ1) is 14.0. The Morgan fingerprint density at radius 3 is 2.95 bits per heavy atom. The summed E-state index contributed by atoms with van der Waals surface area (Å²) in [5.41, 5.74) is 1.94. The van der Waals surface area contributed by atoms with Crippen molar-refractivity contribution < 1.29 is 9.53 Å². The van der Waals surface area contributed by atoms with E-state index in [9.17, 15) is 4.79 Å². The van der Waals surface area contributed by atoms with E-state index in [2.05, 4.69) is 4.98 Å². The molecule has 0 spiro atoms. The lowest BCUT2D eigenvalue weighted by Gasteiger charge is -2.08. The topological polar surface area (TPSA) is 44.1 Å². The van der Waals surface area contributed by atoms with Gasteiger partial charge in [-0.1, -0.05) is 36.1 Å². The highest BCUT2D eigenvalue weighted by molar-refractivity contribution is 8.23. The predicted molar refractivity (Wildman–Crippen MR) is 81.6 cm³/mol. The van der Waals surface area contributed by atoms with Crippen LogP contribution >= 0.6 is 24.0 Å². The van der Waals surface area contributed by atoms with E-state index in [0.29, 0.717) is 12.4 Å². The Labute approximate surface area is 121 Å². The van der Waals surface area contributed by atoms with Crippen LogP contribution in [0.5, 0.6) is 0 Å². The van der Waals surface area contributed by atoms with Gasteiger partial charge in [0.2, 0.25) is 0 Å². The maximum absolute atomic E-state index is 10.7.